The zero-order valence-corrected chi connectivity index (χ0v) is 9.20. The highest BCUT2D eigenvalue weighted by atomic mass is 35.5. The molecule has 2 bridgehead atoms. The number of fused-ring (bicyclic) bond motifs is 2. The molecule has 0 amide bonds. The number of hydrogen-bond acceptors (Lipinski definition) is 3. The van der Waals surface area contributed by atoms with Gasteiger partial charge in [-0.3, -0.25) is 0 Å². The lowest BCUT2D eigenvalue weighted by molar-refractivity contribution is 0.475. The summed E-state index contributed by atoms with van der Waals surface area (Å²) in [6, 6.07) is 8.84. The Bertz CT molecular complexity index is 341. The van der Waals surface area contributed by atoms with Crippen molar-refractivity contribution in [2.45, 2.75) is 18.5 Å². The SMILES string of the molecule is Cl.Oc1ccc(N2C[C@@H]3C[C@H]2CN3)cc1. The summed E-state index contributed by atoms with van der Waals surface area (Å²) >= 11 is 0. The maximum absolute atomic E-state index is 9.20. The minimum Gasteiger partial charge on any atom is -0.508 e. The molecule has 15 heavy (non-hydrogen) atoms. The van der Waals surface area contributed by atoms with Gasteiger partial charge in [-0.1, -0.05) is 0 Å². The molecular weight excluding hydrogens is 212 g/mol. The number of phenols is 1. The first-order valence-electron chi connectivity index (χ1n) is 5.12. The molecule has 2 saturated heterocycles. The van der Waals surface area contributed by atoms with Crippen LogP contribution in [-0.2, 0) is 0 Å². The number of halogens is 1. The highest BCUT2D eigenvalue weighted by Crippen LogP contribution is 2.29. The van der Waals surface area contributed by atoms with Crippen LogP contribution in [0.15, 0.2) is 24.3 Å². The zero-order valence-electron chi connectivity index (χ0n) is 8.39. The van der Waals surface area contributed by atoms with Crippen LogP contribution in [0.2, 0.25) is 0 Å². The summed E-state index contributed by atoms with van der Waals surface area (Å²) in [5.74, 6) is 0.344. The molecule has 1 aromatic carbocycles. The van der Waals surface area contributed by atoms with Crippen molar-refractivity contribution in [3.05, 3.63) is 24.3 Å². The van der Waals surface area contributed by atoms with Gasteiger partial charge in [-0.2, -0.15) is 0 Å². The number of piperazine rings is 1. The topological polar surface area (TPSA) is 35.5 Å². The Labute approximate surface area is 95.5 Å². The summed E-state index contributed by atoms with van der Waals surface area (Å²) in [7, 11) is 0. The largest absolute Gasteiger partial charge is 0.508 e. The number of anilines is 1. The Morgan fingerprint density at radius 1 is 1.27 bits per heavy atom. The molecule has 0 radical (unpaired) electrons. The predicted molar refractivity (Wildman–Crippen MR) is 62.9 cm³/mol. The van der Waals surface area contributed by atoms with Gasteiger partial charge in [0.2, 0.25) is 0 Å². The van der Waals surface area contributed by atoms with Crippen molar-refractivity contribution in [3.8, 4) is 5.75 Å². The Kier molecular flexibility index (Phi) is 2.76. The van der Waals surface area contributed by atoms with E-state index in [1.807, 2.05) is 12.1 Å². The summed E-state index contributed by atoms with van der Waals surface area (Å²) in [5.41, 5.74) is 1.23. The Balaban J connectivity index is 0.000000853. The first-order chi connectivity index (χ1) is 6.83. The minimum absolute atomic E-state index is 0. The summed E-state index contributed by atoms with van der Waals surface area (Å²) in [6.07, 6.45) is 1.26. The highest BCUT2D eigenvalue weighted by molar-refractivity contribution is 5.85. The smallest absolute Gasteiger partial charge is 0.115 e. The Hall–Kier alpha value is -0.930. The van der Waals surface area contributed by atoms with Crippen LogP contribution in [0.5, 0.6) is 5.75 Å². The van der Waals surface area contributed by atoms with Crippen LogP contribution >= 0.6 is 12.4 Å². The quantitative estimate of drug-likeness (QED) is 0.759. The van der Waals surface area contributed by atoms with Gasteiger partial charge in [-0.05, 0) is 30.7 Å². The van der Waals surface area contributed by atoms with Gasteiger partial charge < -0.3 is 15.3 Å². The standard InChI is InChI=1S/C11H14N2O.ClH/c14-11-3-1-9(2-4-11)13-7-8-5-10(13)6-12-8;/h1-4,8,10,12,14H,5-7H2;1H/t8-,10-;/m0./s1. The van der Waals surface area contributed by atoms with E-state index in [-0.39, 0.29) is 12.4 Å². The lowest BCUT2D eigenvalue weighted by Gasteiger charge is -2.29. The molecule has 2 N–H and O–H groups in total. The van der Waals surface area contributed by atoms with Gasteiger partial charge in [0.1, 0.15) is 5.75 Å². The molecule has 2 atom stereocenters. The van der Waals surface area contributed by atoms with Gasteiger partial charge in [-0.15, -0.1) is 12.4 Å². The van der Waals surface area contributed by atoms with Crippen LogP contribution in [0.4, 0.5) is 5.69 Å². The molecule has 0 spiro atoms. The molecule has 1 aromatic rings. The molecule has 4 heteroatoms. The summed E-state index contributed by atoms with van der Waals surface area (Å²) < 4.78 is 0. The Morgan fingerprint density at radius 2 is 2.00 bits per heavy atom. The fourth-order valence-corrected chi connectivity index (χ4v) is 2.52. The first-order valence-corrected chi connectivity index (χ1v) is 5.12. The molecule has 3 nitrogen and oxygen atoms in total. The summed E-state index contributed by atoms with van der Waals surface area (Å²) in [4.78, 5) is 2.43. The molecule has 2 aliphatic rings. The van der Waals surface area contributed by atoms with Crippen LogP contribution in [-0.4, -0.2) is 30.3 Å². The van der Waals surface area contributed by atoms with Crippen LogP contribution in [0.3, 0.4) is 0 Å². The highest BCUT2D eigenvalue weighted by Gasteiger charge is 2.37. The van der Waals surface area contributed by atoms with Crippen molar-refractivity contribution in [3.63, 3.8) is 0 Å². The van der Waals surface area contributed by atoms with Gasteiger partial charge in [0.05, 0.1) is 0 Å². The number of nitrogens with zero attached hydrogens (tertiary/aromatic N) is 1. The van der Waals surface area contributed by atoms with Crippen molar-refractivity contribution in [1.82, 2.24) is 5.32 Å². The van der Waals surface area contributed by atoms with Crippen molar-refractivity contribution in [1.29, 1.82) is 0 Å². The number of aromatic hydroxyl groups is 1. The fourth-order valence-electron chi connectivity index (χ4n) is 2.52. The second-order valence-electron chi connectivity index (χ2n) is 4.16. The molecule has 2 heterocycles. The van der Waals surface area contributed by atoms with E-state index in [0.717, 1.165) is 13.1 Å². The number of nitrogens with one attached hydrogen (secondary N) is 1. The first kappa shape index (κ1) is 10.6. The third-order valence-corrected chi connectivity index (χ3v) is 3.24. The third kappa shape index (κ3) is 1.77. The molecule has 0 saturated carbocycles. The Morgan fingerprint density at radius 3 is 2.53 bits per heavy atom. The monoisotopic (exact) mass is 226 g/mol. The van der Waals surface area contributed by atoms with Crippen molar-refractivity contribution in [2.75, 3.05) is 18.0 Å². The average Bonchev–Trinajstić information content (AvgIpc) is 2.80. The molecule has 3 rings (SSSR count). The zero-order chi connectivity index (χ0) is 9.54. The maximum atomic E-state index is 9.20. The lowest BCUT2D eigenvalue weighted by Crippen LogP contribution is -2.43. The van der Waals surface area contributed by atoms with E-state index in [2.05, 4.69) is 10.2 Å². The molecule has 2 aliphatic heterocycles. The van der Waals surface area contributed by atoms with Gasteiger partial charge in [-0.25, -0.2) is 0 Å². The van der Waals surface area contributed by atoms with Gasteiger partial charge >= 0.3 is 0 Å². The van der Waals surface area contributed by atoms with Crippen molar-refractivity contribution < 1.29 is 5.11 Å². The van der Waals surface area contributed by atoms with E-state index in [1.54, 1.807) is 12.1 Å². The van der Waals surface area contributed by atoms with E-state index < -0.39 is 0 Å². The molecule has 0 unspecified atom stereocenters. The molecule has 82 valence electrons. The fraction of sp³-hybridized carbons (Fsp3) is 0.455. The maximum Gasteiger partial charge on any atom is 0.115 e. The average molecular weight is 227 g/mol. The summed E-state index contributed by atoms with van der Waals surface area (Å²) in [5, 5.41) is 12.7. The van der Waals surface area contributed by atoms with Crippen LogP contribution in [0.1, 0.15) is 6.42 Å². The van der Waals surface area contributed by atoms with Gasteiger partial charge in [0, 0.05) is 30.9 Å². The normalized spacial score (nSPS) is 27.9. The molecule has 2 fully saturated rings. The van der Waals surface area contributed by atoms with Gasteiger partial charge in [0.25, 0.3) is 0 Å². The van der Waals surface area contributed by atoms with E-state index in [1.165, 1.54) is 12.1 Å². The van der Waals surface area contributed by atoms with Crippen molar-refractivity contribution >= 4 is 18.1 Å². The van der Waals surface area contributed by atoms with Crippen LogP contribution in [0.25, 0.3) is 0 Å². The third-order valence-electron chi connectivity index (χ3n) is 3.24. The van der Waals surface area contributed by atoms with Crippen LogP contribution in [0, 0.1) is 0 Å². The lowest BCUT2D eigenvalue weighted by atomic mass is 10.2. The molecule has 0 aliphatic carbocycles. The van der Waals surface area contributed by atoms with Gasteiger partial charge in [0.15, 0.2) is 0 Å². The summed E-state index contributed by atoms with van der Waals surface area (Å²) in [6.45, 7) is 2.21. The van der Waals surface area contributed by atoms with E-state index >= 15 is 0 Å². The predicted octanol–water partition coefficient (Wildman–Crippen LogP) is 1.36. The van der Waals surface area contributed by atoms with Crippen LogP contribution < -0.4 is 10.2 Å². The number of phenolic OH excluding ortho intramolecular Hbond substituents is 1. The number of benzene rings is 1. The van der Waals surface area contributed by atoms with E-state index in [4.69, 9.17) is 0 Å². The number of hydrogen-bond donors (Lipinski definition) is 2. The van der Waals surface area contributed by atoms with E-state index in [0.29, 0.717) is 17.8 Å². The number of rotatable bonds is 1. The second kappa shape index (κ2) is 3.91. The molecular formula is C11H15ClN2O. The second-order valence-corrected chi connectivity index (χ2v) is 4.16. The minimum atomic E-state index is 0. The van der Waals surface area contributed by atoms with E-state index in [9.17, 15) is 5.11 Å². The molecule has 0 aromatic heterocycles. The van der Waals surface area contributed by atoms with Crippen molar-refractivity contribution in [2.24, 2.45) is 0 Å².